The van der Waals surface area contributed by atoms with Crippen molar-refractivity contribution in [2.24, 2.45) is 4.99 Å². The molecule has 0 atom stereocenters. The Labute approximate surface area is 150 Å². The van der Waals surface area contributed by atoms with Gasteiger partial charge in [0.1, 0.15) is 5.01 Å². The van der Waals surface area contributed by atoms with Gasteiger partial charge in [-0.2, -0.15) is 0 Å². The minimum Gasteiger partial charge on any atom is -0.357 e. The third-order valence-electron chi connectivity index (χ3n) is 2.47. The molecule has 2 rings (SSSR count). The largest absolute Gasteiger partial charge is 0.357 e. The van der Waals surface area contributed by atoms with Gasteiger partial charge in [-0.15, -0.1) is 41.7 Å². The lowest BCUT2D eigenvalue weighted by molar-refractivity contribution is 0.863. The molecule has 0 unspecified atom stereocenters. The average Bonchev–Trinajstić information content (AvgIpc) is 2.83. The number of benzene rings is 1. The summed E-state index contributed by atoms with van der Waals surface area (Å²) in [5.74, 6) is 3.22. The number of terminal acetylenes is 1. The predicted octanol–water partition coefficient (Wildman–Crippen LogP) is 3.26. The zero-order valence-electron chi connectivity index (χ0n) is 11.5. The van der Waals surface area contributed by atoms with E-state index in [1.807, 2.05) is 25.1 Å². The lowest BCUT2D eigenvalue weighted by atomic mass is 10.3. The molecule has 0 aliphatic carbocycles. The van der Waals surface area contributed by atoms with E-state index in [2.05, 4.69) is 26.5 Å². The second-order valence-electron chi connectivity index (χ2n) is 3.97. The highest BCUT2D eigenvalue weighted by Gasteiger charge is 2.04. The maximum atomic E-state index is 5.95. The van der Waals surface area contributed by atoms with Crippen LogP contribution in [0.2, 0.25) is 5.02 Å². The number of hydrogen-bond acceptors (Lipinski definition) is 3. The summed E-state index contributed by atoms with van der Waals surface area (Å²) in [5, 5.41) is 7.81. The third kappa shape index (κ3) is 5.34. The fourth-order valence-electron chi connectivity index (χ4n) is 1.64. The van der Waals surface area contributed by atoms with E-state index in [-0.39, 0.29) is 24.0 Å². The van der Waals surface area contributed by atoms with Crippen LogP contribution >= 0.6 is 46.9 Å². The molecule has 0 saturated carbocycles. The molecule has 0 radical (unpaired) electrons. The van der Waals surface area contributed by atoms with Gasteiger partial charge in [0, 0.05) is 11.6 Å². The van der Waals surface area contributed by atoms with Crippen molar-refractivity contribution in [3.63, 3.8) is 0 Å². The zero-order chi connectivity index (χ0) is 14.4. The van der Waals surface area contributed by atoms with E-state index in [0.29, 0.717) is 24.1 Å². The summed E-state index contributed by atoms with van der Waals surface area (Å²) in [7, 11) is 0. The molecule has 0 aliphatic rings. The van der Waals surface area contributed by atoms with Crippen molar-refractivity contribution >= 4 is 63.1 Å². The fraction of sp³-hybridized carbons (Fsp3) is 0.286. The van der Waals surface area contributed by atoms with Crippen LogP contribution in [0.25, 0.3) is 10.2 Å². The van der Waals surface area contributed by atoms with Crippen LogP contribution in [0.3, 0.4) is 0 Å². The molecule has 0 spiro atoms. The first-order valence-corrected chi connectivity index (χ1v) is 7.43. The number of aliphatic imine (C=N–C) groups is 1. The Balaban J connectivity index is 0.00000220. The standard InChI is InChI=1S/C14H15ClN4S.HI/c1-3-7-17-14(16-4-2)18-9-13-19-11-8-10(15)5-6-12(11)20-13;/h1,5-6,8H,4,7,9H2,2H3,(H2,16,17,18);1H. The highest BCUT2D eigenvalue weighted by Crippen LogP contribution is 2.25. The molecule has 1 aromatic carbocycles. The van der Waals surface area contributed by atoms with Crippen LogP contribution in [0.15, 0.2) is 23.2 Å². The van der Waals surface area contributed by atoms with E-state index in [0.717, 1.165) is 21.8 Å². The van der Waals surface area contributed by atoms with E-state index in [1.54, 1.807) is 11.3 Å². The zero-order valence-corrected chi connectivity index (χ0v) is 15.4. The Bertz CT molecular complexity index is 663. The molecule has 2 aromatic rings. The van der Waals surface area contributed by atoms with Crippen LogP contribution in [0.4, 0.5) is 0 Å². The SMILES string of the molecule is C#CCNC(=NCc1nc2cc(Cl)ccc2s1)NCC.I. The second kappa shape index (κ2) is 9.07. The van der Waals surface area contributed by atoms with Crippen LogP contribution in [0.1, 0.15) is 11.9 Å². The molecular weight excluding hydrogens is 419 g/mol. The fourth-order valence-corrected chi connectivity index (χ4v) is 2.68. The molecule has 1 heterocycles. The molecule has 0 fully saturated rings. The van der Waals surface area contributed by atoms with Gasteiger partial charge < -0.3 is 10.6 Å². The Kier molecular flexibility index (Phi) is 7.78. The average molecular weight is 435 g/mol. The number of hydrogen-bond donors (Lipinski definition) is 2. The summed E-state index contributed by atoms with van der Waals surface area (Å²) in [6.07, 6.45) is 5.23. The quantitative estimate of drug-likeness (QED) is 0.336. The van der Waals surface area contributed by atoms with Gasteiger partial charge in [0.25, 0.3) is 0 Å². The van der Waals surface area contributed by atoms with Crippen LogP contribution in [-0.4, -0.2) is 24.0 Å². The number of halogens is 2. The maximum Gasteiger partial charge on any atom is 0.192 e. The van der Waals surface area contributed by atoms with Gasteiger partial charge in [0.15, 0.2) is 5.96 Å². The number of nitrogens with zero attached hydrogens (tertiary/aromatic N) is 2. The lowest BCUT2D eigenvalue weighted by Gasteiger charge is -2.07. The van der Waals surface area contributed by atoms with E-state index in [1.165, 1.54) is 0 Å². The number of aromatic nitrogens is 1. The molecule has 0 amide bonds. The van der Waals surface area contributed by atoms with Gasteiger partial charge in [-0.3, -0.25) is 0 Å². The first-order valence-electron chi connectivity index (χ1n) is 6.23. The van der Waals surface area contributed by atoms with Crippen LogP contribution in [0.5, 0.6) is 0 Å². The highest BCUT2D eigenvalue weighted by atomic mass is 127. The van der Waals surface area contributed by atoms with Gasteiger partial charge in [-0.05, 0) is 25.1 Å². The van der Waals surface area contributed by atoms with Gasteiger partial charge in [0.2, 0.25) is 0 Å². The maximum absolute atomic E-state index is 5.95. The normalized spacial score (nSPS) is 10.8. The van der Waals surface area contributed by atoms with E-state index in [9.17, 15) is 0 Å². The number of thiazole rings is 1. The molecule has 0 saturated heterocycles. The highest BCUT2D eigenvalue weighted by molar-refractivity contribution is 14.0. The van der Waals surface area contributed by atoms with Crippen molar-refractivity contribution in [2.45, 2.75) is 13.5 Å². The Morgan fingerprint density at radius 3 is 3.00 bits per heavy atom. The Morgan fingerprint density at radius 2 is 2.29 bits per heavy atom. The van der Waals surface area contributed by atoms with Crippen molar-refractivity contribution in [1.82, 2.24) is 15.6 Å². The summed E-state index contributed by atoms with van der Waals surface area (Å²) < 4.78 is 1.11. The second-order valence-corrected chi connectivity index (χ2v) is 5.52. The molecule has 0 aliphatic heterocycles. The molecule has 21 heavy (non-hydrogen) atoms. The minimum absolute atomic E-state index is 0. The van der Waals surface area contributed by atoms with Crippen molar-refractivity contribution in [2.75, 3.05) is 13.1 Å². The summed E-state index contributed by atoms with van der Waals surface area (Å²) in [6.45, 7) is 3.75. The van der Waals surface area contributed by atoms with E-state index >= 15 is 0 Å². The topological polar surface area (TPSA) is 49.3 Å². The van der Waals surface area contributed by atoms with Crippen molar-refractivity contribution < 1.29 is 0 Å². The van der Waals surface area contributed by atoms with Crippen LogP contribution < -0.4 is 10.6 Å². The minimum atomic E-state index is 0. The van der Waals surface area contributed by atoms with Crippen molar-refractivity contribution in [3.8, 4) is 12.3 Å². The Morgan fingerprint density at radius 1 is 1.48 bits per heavy atom. The predicted molar refractivity (Wildman–Crippen MR) is 102 cm³/mol. The molecule has 1 aromatic heterocycles. The van der Waals surface area contributed by atoms with Crippen LogP contribution in [0, 0.1) is 12.3 Å². The molecule has 0 bridgehead atoms. The van der Waals surface area contributed by atoms with E-state index in [4.69, 9.17) is 18.0 Å². The number of rotatable bonds is 4. The van der Waals surface area contributed by atoms with Gasteiger partial charge in [0.05, 0.1) is 23.3 Å². The number of nitrogens with one attached hydrogen (secondary N) is 2. The lowest BCUT2D eigenvalue weighted by Crippen LogP contribution is -2.37. The van der Waals surface area contributed by atoms with Gasteiger partial charge in [-0.25, -0.2) is 9.98 Å². The van der Waals surface area contributed by atoms with Crippen molar-refractivity contribution in [1.29, 1.82) is 0 Å². The molecule has 4 nitrogen and oxygen atoms in total. The summed E-state index contributed by atoms with van der Waals surface area (Å²) in [4.78, 5) is 8.97. The number of fused-ring (bicyclic) bond motifs is 1. The Hall–Kier alpha value is -1.04. The summed E-state index contributed by atoms with van der Waals surface area (Å²) >= 11 is 7.57. The molecule has 7 heteroatoms. The molecule has 112 valence electrons. The van der Waals surface area contributed by atoms with Gasteiger partial charge >= 0.3 is 0 Å². The molecular formula is C14H16ClIN4S. The summed E-state index contributed by atoms with van der Waals surface area (Å²) in [5.41, 5.74) is 0.911. The third-order valence-corrected chi connectivity index (χ3v) is 3.72. The monoisotopic (exact) mass is 434 g/mol. The van der Waals surface area contributed by atoms with Crippen LogP contribution in [-0.2, 0) is 6.54 Å². The number of guanidine groups is 1. The van der Waals surface area contributed by atoms with E-state index < -0.39 is 0 Å². The first-order chi connectivity index (χ1) is 9.72. The summed E-state index contributed by atoms with van der Waals surface area (Å²) in [6, 6.07) is 5.71. The first kappa shape index (κ1) is 18.0. The molecule has 2 N–H and O–H groups in total. The van der Waals surface area contributed by atoms with Crippen molar-refractivity contribution in [3.05, 3.63) is 28.2 Å². The smallest absolute Gasteiger partial charge is 0.192 e. The van der Waals surface area contributed by atoms with Gasteiger partial charge in [-0.1, -0.05) is 17.5 Å².